The highest BCUT2D eigenvalue weighted by Crippen LogP contribution is 2.18. The molecule has 0 bridgehead atoms. The fourth-order valence-corrected chi connectivity index (χ4v) is 3.69. The Bertz CT molecular complexity index is 527. The second-order valence-corrected chi connectivity index (χ2v) is 6.93. The average Bonchev–Trinajstić information content (AvgIpc) is 2.95. The minimum Gasteiger partial charge on any atom is -0.361 e. The first-order valence-electron chi connectivity index (χ1n) is 9.76. The molecule has 26 heavy (non-hydrogen) atoms. The maximum atomic E-state index is 5.21. The smallest absolute Gasteiger partial charge is 0.191 e. The summed E-state index contributed by atoms with van der Waals surface area (Å²) in [4.78, 5) is 6.95. The van der Waals surface area contributed by atoms with Crippen LogP contribution in [-0.2, 0) is 6.42 Å². The van der Waals surface area contributed by atoms with Gasteiger partial charge >= 0.3 is 0 Å². The zero-order valence-electron chi connectivity index (χ0n) is 16.8. The lowest BCUT2D eigenvalue weighted by atomic mass is 10.0. The number of aryl methyl sites for hydroxylation is 2. The van der Waals surface area contributed by atoms with Crippen molar-refractivity contribution < 1.29 is 4.52 Å². The van der Waals surface area contributed by atoms with E-state index in [1.165, 1.54) is 37.8 Å². The van der Waals surface area contributed by atoms with Crippen LogP contribution in [0.2, 0.25) is 0 Å². The van der Waals surface area contributed by atoms with E-state index >= 15 is 0 Å². The summed E-state index contributed by atoms with van der Waals surface area (Å²) < 4.78 is 5.21. The Kier molecular flexibility index (Phi) is 11.2. The van der Waals surface area contributed by atoms with Crippen molar-refractivity contribution in [2.75, 3.05) is 33.2 Å². The van der Waals surface area contributed by atoms with E-state index in [0.29, 0.717) is 0 Å². The molecule has 0 spiro atoms. The van der Waals surface area contributed by atoms with Gasteiger partial charge < -0.3 is 15.2 Å². The number of nitrogens with one attached hydrogen (secondary N) is 2. The third-order valence-electron chi connectivity index (χ3n) is 5.21. The second-order valence-electron chi connectivity index (χ2n) is 6.93. The van der Waals surface area contributed by atoms with E-state index in [2.05, 4.69) is 32.6 Å². The van der Waals surface area contributed by atoms with Gasteiger partial charge in [0.15, 0.2) is 5.96 Å². The van der Waals surface area contributed by atoms with Crippen molar-refractivity contribution in [1.82, 2.24) is 20.7 Å². The molecule has 6 nitrogen and oxygen atoms in total. The molecule has 1 saturated heterocycles. The van der Waals surface area contributed by atoms with Crippen LogP contribution in [0, 0.1) is 13.8 Å². The molecule has 2 N–H and O–H groups in total. The summed E-state index contributed by atoms with van der Waals surface area (Å²) in [5.74, 6) is 1.83. The highest BCUT2D eigenvalue weighted by molar-refractivity contribution is 14.0. The Morgan fingerprint density at radius 3 is 2.69 bits per heavy atom. The minimum atomic E-state index is 0. The van der Waals surface area contributed by atoms with Crippen LogP contribution in [0.15, 0.2) is 9.52 Å². The highest BCUT2D eigenvalue weighted by atomic mass is 127. The molecule has 7 heteroatoms. The molecule has 150 valence electrons. The lowest BCUT2D eigenvalue weighted by Crippen LogP contribution is -2.46. The van der Waals surface area contributed by atoms with Crippen LogP contribution < -0.4 is 10.6 Å². The number of rotatable bonds is 8. The predicted octanol–water partition coefficient (Wildman–Crippen LogP) is 3.27. The van der Waals surface area contributed by atoms with Gasteiger partial charge in [-0.3, -0.25) is 9.89 Å². The Labute approximate surface area is 175 Å². The van der Waals surface area contributed by atoms with Crippen molar-refractivity contribution in [3.05, 3.63) is 17.0 Å². The van der Waals surface area contributed by atoms with Gasteiger partial charge in [0.2, 0.25) is 0 Å². The molecule has 2 rings (SSSR count). The zero-order valence-corrected chi connectivity index (χ0v) is 19.1. The van der Waals surface area contributed by atoms with Crippen molar-refractivity contribution in [2.45, 2.75) is 65.3 Å². The van der Waals surface area contributed by atoms with Crippen LogP contribution in [0.5, 0.6) is 0 Å². The van der Waals surface area contributed by atoms with Crippen molar-refractivity contribution in [2.24, 2.45) is 4.99 Å². The number of nitrogens with zero attached hydrogens (tertiary/aromatic N) is 3. The molecule has 2 heterocycles. The molecule has 0 radical (unpaired) electrons. The number of hydrogen-bond donors (Lipinski definition) is 2. The van der Waals surface area contributed by atoms with E-state index in [1.807, 2.05) is 20.9 Å². The summed E-state index contributed by atoms with van der Waals surface area (Å²) in [6.45, 7) is 10.5. The summed E-state index contributed by atoms with van der Waals surface area (Å²) in [6, 6.07) is 0.764. The van der Waals surface area contributed by atoms with E-state index in [9.17, 15) is 0 Å². The maximum absolute atomic E-state index is 5.21. The first-order valence-corrected chi connectivity index (χ1v) is 9.76. The fraction of sp³-hybridized carbons (Fsp3) is 0.789. The van der Waals surface area contributed by atoms with Gasteiger partial charge in [0.25, 0.3) is 0 Å². The summed E-state index contributed by atoms with van der Waals surface area (Å²) in [6.07, 6.45) is 7.35. The Hall–Kier alpha value is -0.830. The number of halogens is 1. The van der Waals surface area contributed by atoms with E-state index in [0.717, 1.165) is 55.9 Å². The molecule has 0 aliphatic carbocycles. The summed E-state index contributed by atoms with van der Waals surface area (Å²) in [5.41, 5.74) is 2.24. The maximum Gasteiger partial charge on any atom is 0.191 e. The minimum absolute atomic E-state index is 0. The van der Waals surface area contributed by atoms with Gasteiger partial charge in [-0.05, 0) is 52.5 Å². The second kappa shape index (κ2) is 12.5. The van der Waals surface area contributed by atoms with E-state index in [-0.39, 0.29) is 24.0 Å². The lowest BCUT2D eigenvalue weighted by molar-refractivity contribution is 0.147. The lowest BCUT2D eigenvalue weighted by Gasteiger charge is -2.35. The molecule has 1 aliphatic heterocycles. The zero-order chi connectivity index (χ0) is 18.1. The summed E-state index contributed by atoms with van der Waals surface area (Å²) in [5, 5.41) is 10.9. The third kappa shape index (κ3) is 7.06. The van der Waals surface area contributed by atoms with Crippen LogP contribution in [0.4, 0.5) is 0 Å². The van der Waals surface area contributed by atoms with Gasteiger partial charge in [0, 0.05) is 38.3 Å². The third-order valence-corrected chi connectivity index (χ3v) is 5.21. The number of hydrogen-bond acceptors (Lipinski definition) is 4. The van der Waals surface area contributed by atoms with Crippen molar-refractivity contribution in [3.8, 4) is 0 Å². The van der Waals surface area contributed by atoms with Gasteiger partial charge in [0.05, 0.1) is 5.69 Å². The molecule has 0 amide bonds. The number of aliphatic imine (C=N–C) groups is 1. The number of guanidine groups is 1. The monoisotopic (exact) mass is 477 g/mol. The average molecular weight is 477 g/mol. The summed E-state index contributed by atoms with van der Waals surface area (Å²) in [7, 11) is 1.83. The van der Waals surface area contributed by atoms with Crippen LogP contribution >= 0.6 is 24.0 Å². The molecule has 1 unspecified atom stereocenters. The first kappa shape index (κ1) is 23.2. The van der Waals surface area contributed by atoms with Crippen LogP contribution in [-0.4, -0.2) is 55.3 Å². The Morgan fingerprint density at radius 1 is 1.27 bits per heavy atom. The van der Waals surface area contributed by atoms with E-state index in [4.69, 9.17) is 4.52 Å². The molecular formula is C19H36IN5O. The van der Waals surface area contributed by atoms with Gasteiger partial charge in [-0.1, -0.05) is 18.5 Å². The van der Waals surface area contributed by atoms with Gasteiger partial charge in [-0.25, -0.2) is 0 Å². The highest BCUT2D eigenvalue weighted by Gasteiger charge is 2.19. The normalized spacial score (nSPS) is 18.5. The van der Waals surface area contributed by atoms with E-state index in [1.54, 1.807) is 0 Å². The van der Waals surface area contributed by atoms with Crippen LogP contribution in [0.3, 0.4) is 0 Å². The Morgan fingerprint density at radius 2 is 2.04 bits per heavy atom. The van der Waals surface area contributed by atoms with Crippen LogP contribution in [0.1, 0.15) is 56.0 Å². The van der Waals surface area contributed by atoms with Crippen molar-refractivity contribution in [1.29, 1.82) is 0 Å². The van der Waals surface area contributed by atoms with Crippen molar-refractivity contribution in [3.63, 3.8) is 0 Å². The molecular weight excluding hydrogens is 441 g/mol. The number of aromatic nitrogens is 1. The molecule has 1 aromatic heterocycles. The molecule has 0 saturated carbocycles. The fourth-order valence-electron chi connectivity index (χ4n) is 3.69. The topological polar surface area (TPSA) is 65.7 Å². The number of likely N-dealkylation sites (tertiary alicyclic amines) is 1. The predicted molar refractivity (Wildman–Crippen MR) is 119 cm³/mol. The largest absolute Gasteiger partial charge is 0.361 e. The van der Waals surface area contributed by atoms with Crippen LogP contribution in [0.25, 0.3) is 0 Å². The van der Waals surface area contributed by atoms with Gasteiger partial charge in [-0.2, -0.15) is 0 Å². The quantitative estimate of drug-likeness (QED) is 0.261. The van der Waals surface area contributed by atoms with Gasteiger partial charge in [-0.15, -0.1) is 24.0 Å². The molecule has 1 fully saturated rings. The number of piperidine rings is 1. The van der Waals surface area contributed by atoms with Crippen molar-refractivity contribution >= 4 is 29.9 Å². The molecule has 1 atom stereocenters. The molecule has 1 aliphatic rings. The standard InChI is InChI=1S/C19H35N5O.HI/c1-5-17-9-6-7-13-24(17)14-12-22-19(20-4)21-11-8-10-18-15(2)23-25-16(18)3;/h17H,5-14H2,1-4H3,(H2,20,21,22);1H. The first-order chi connectivity index (χ1) is 12.2. The Balaban J connectivity index is 0.00000338. The molecule has 1 aromatic rings. The SMILES string of the molecule is CCC1CCCCN1CCNC(=NC)NCCCc1c(C)noc1C.I. The van der Waals surface area contributed by atoms with E-state index < -0.39 is 0 Å². The summed E-state index contributed by atoms with van der Waals surface area (Å²) >= 11 is 0. The van der Waals surface area contributed by atoms with Gasteiger partial charge in [0.1, 0.15) is 5.76 Å². The molecule has 0 aromatic carbocycles.